The van der Waals surface area contributed by atoms with Gasteiger partial charge in [-0.1, -0.05) is 0 Å². The topological polar surface area (TPSA) is 33.3 Å². The summed E-state index contributed by atoms with van der Waals surface area (Å²) in [4.78, 5) is 0. The third kappa shape index (κ3) is 1.30. The van der Waals surface area contributed by atoms with Crippen LogP contribution < -0.4 is 10.6 Å². The summed E-state index contributed by atoms with van der Waals surface area (Å²) in [6, 6.07) is 1.97. The molecule has 2 N–H and O–H groups in total. The van der Waals surface area contributed by atoms with Crippen LogP contribution in [0.3, 0.4) is 0 Å². The van der Waals surface area contributed by atoms with E-state index >= 15 is 0 Å². The normalized spacial score (nSPS) is 52.5. The molecule has 3 atom stereocenters. The van der Waals surface area contributed by atoms with E-state index in [1.165, 1.54) is 25.7 Å². The van der Waals surface area contributed by atoms with Gasteiger partial charge in [0.05, 0.1) is 12.2 Å². The zero-order chi connectivity index (χ0) is 9.60. The van der Waals surface area contributed by atoms with Crippen molar-refractivity contribution < 1.29 is 4.74 Å². The molecule has 80 valence electrons. The number of nitrogens with one attached hydrogen (secondary N) is 2. The molecule has 3 saturated heterocycles. The van der Waals surface area contributed by atoms with E-state index in [-0.39, 0.29) is 5.60 Å². The van der Waals surface area contributed by atoms with Crippen LogP contribution in [0.2, 0.25) is 0 Å². The first-order valence-corrected chi connectivity index (χ1v) is 5.92. The summed E-state index contributed by atoms with van der Waals surface area (Å²) in [5.74, 6) is 0. The van der Waals surface area contributed by atoms with Crippen molar-refractivity contribution in [1.82, 2.24) is 10.6 Å². The molecule has 3 heteroatoms. The minimum atomic E-state index is 0.148. The molecule has 0 radical (unpaired) electrons. The van der Waals surface area contributed by atoms with Crippen molar-refractivity contribution in [3.8, 4) is 0 Å². The van der Waals surface area contributed by atoms with E-state index in [1.807, 2.05) is 0 Å². The number of rotatable bonds is 0. The highest BCUT2D eigenvalue weighted by atomic mass is 16.5. The van der Waals surface area contributed by atoms with Crippen molar-refractivity contribution in [3.63, 3.8) is 0 Å². The van der Waals surface area contributed by atoms with Gasteiger partial charge in [0.2, 0.25) is 0 Å². The maximum atomic E-state index is 6.10. The second-order valence-electron chi connectivity index (χ2n) is 5.14. The lowest BCUT2D eigenvalue weighted by atomic mass is 9.81. The van der Waals surface area contributed by atoms with E-state index < -0.39 is 0 Å². The first-order chi connectivity index (χ1) is 6.78. The predicted octanol–water partition coefficient (Wildman–Crippen LogP) is 0.648. The highest BCUT2D eigenvalue weighted by Gasteiger charge is 2.48. The number of morpholine rings is 1. The van der Waals surface area contributed by atoms with Crippen molar-refractivity contribution in [1.29, 1.82) is 0 Å². The molecule has 3 rings (SSSR count). The third-order valence-corrected chi connectivity index (χ3v) is 4.25. The molecule has 3 fully saturated rings. The van der Waals surface area contributed by atoms with Gasteiger partial charge in [-0.15, -0.1) is 0 Å². The molecular weight excluding hydrogens is 176 g/mol. The Balaban J connectivity index is 1.81. The van der Waals surface area contributed by atoms with Crippen molar-refractivity contribution in [2.45, 2.75) is 56.3 Å². The maximum absolute atomic E-state index is 6.10. The van der Waals surface area contributed by atoms with Gasteiger partial charge >= 0.3 is 0 Å². The first kappa shape index (κ1) is 9.13. The smallest absolute Gasteiger partial charge is 0.0862 e. The number of ether oxygens (including phenoxy) is 1. The molecule has 1 spiro atoms. The summed E-state index contributed by atoms with van der Waals surface area (Å²) < 4.78 is 6.10. The maximum Gasteiger partial charge on any atom is 0.0862 e. The Labute approximate surface area is 85.6 Å². The second kappa shape index (κ2) is 3.19. The van der Waals surface area contributed by atoms with Crippen LogP contribution in [0.5, 0.6) is 0 Å². The largest absolute Gasteiger partial charge is 0.372 e. The van der Waals surface area contributed by atoms with Crippen LogP contribution in [-0.4, -0.2) is 36.9 Å². The van der Waals surface area contributed by atoms with E-state index in [9.17, 15) is 0 Å². The number of hydrogen-bond acceptors (Lipinski definition) is 3. The number of fused-ring (bicyclic) bond motifs is 2. The zero-order valence-corrected chi connectivity index (χ0v) is 8.88. The molecule has 14 heavy (non-hydrogen) atoms. The van der Waals surface area contributed by atoms with Gasteiger partial charge in [-0.2, -0.15) is 0 Å². The van der Waals surface area contributed by atoms with Crippen molar-refractivity contribution in [2.75, 3.05) is 13.2 Å². The molecule has 3 unspecified atom stereocenters. The fraction of sp³-hybridized carbons (Fsp3) is 1.00. The SMILES string of the molecule is CC1NCCOC12CC1CCC(C2)N1. The Morgan fingerprint density at radius 2 is 1.93 bits per heavy atom. The minimum absolute atomic E-state index is 0.148. The second-order valence-corrected chi connectivity index (χ2v) is 5.14. The highest BCUT2D eigenvalue weighted by Crippen LogP contribution is 2.39. The predicted molar refractivity (Wildman–Crippen MR) is 55.3 cm³/mol. The van der Waals surface area contributed by atoms with Gasteiger partial charge in [-0.3, -0.25) is 0 Å². The molecule has 0 aromatic heterocycles. The van der Waals surface area contributed by atoms with Crippen molar-refractivity contribution in [3.05, 3.63) is 0 Å². The molecule has 0 aromatic carbocycles. The van der Waals surface area contributed by atoms with Crippen LogP contribution >= 0.6 is 0 Å². The molecule has 0 amide bonds. The third-order valence-electron chi connectivity index (χ3n) is 4.25. The van der Waals surface area contributed by atoms with E-state index in [1.54, 1.807) is 0 Å². The molecule has 3 nitrogen and oxygen atoms in total. The molecule has 3 heterocycles. The Morgan fingerprint density at radius 1 is 1.21 bits per heavy atom. The lowest BCUT2D eigenvalue weighted by Crippen LogP contribution is -2.62. The van der Waals surface area contributed by atoms with Gasteiger partial charge in [0.15, 0.2) is 0 Å². The van der Waals surface area contributed by atoms with E-state index in [0.29, 0.717) is 6.04 Å². The molecule has 0 aromatic rings. The summed E-state index contributed by atoms with van der Waals surface area (Å²) in [5, 5.41) is 7.23. The Bertz CT molecular complexity index is 219. The van der Waals surface area contributed by atoms with Crippen LogP contribution in [0, 0.1) is 0 Å². The average molecular weight is 196 g/mol. The summed E-state index contributed by atoms with van der Waals surface area (Å²) in [7, 11) is 0. The van der Waals surface area contributed by atoms with Gasteiger partial charge in [0.25, 0.3) is 0 Å². The Hall–Kier alpha value is -0.120. The molecule has 3 aliphatic heterocycles. The number of piperidine rings is 1. The molecule has 3 aliphatic rings. The molecular formula is C11H20N2O. The van der Waals surface area contributed by atoms with Crippen LogP contribution in [0.4, 0.5) is 0 Å². The summed E-state index contributed by atoms with van der Waals surface area (Å²) in [6.45, 7) is 4.19. The summed E-state index contributed by atoms with van der Waals surface area (Å²) >= 11 is 0. The summed E-state index contributed by atoms with van der Waals surface area (Å²) in [5.41, 5.74) is 0.148. The quantitative estimate of drug-likeness (QED) is 0.597. The van der Waals surface area contributed by atoms with Gasteiger partial charge in [0.1, 0.15) is 0 Å². The summed E-state index contributed by atoms with van der Waals surface area (Å²) in [6.07, 6.45) is 5.11. The zero-order valence-electron chi connectivity index (χ0n) is 8.88. The molecule has 0 aliphatic carbocycles. The molecule has 2 bridgehead atoms. The van der Waals surface area contributed by atoms with E-state index in [0.717, 1.165) is 25.2 Å². The van der Waals surface area contributed by atoms with Crippen LogP contribution in [-0.2, 0) is 4.74 Å². The number of hydrogen-bond donors (Lipinski definition) is 2. The van der Waals surface area contributed by atoms with Gasteiger partial charge in [0, 0.05) is 24.7 Å². The lowest BCUT2D eigenvalue weighted by molar-refractivity contribution is -0.118. The highest BCUT2D eigenvalue weighted by molar-refractivity contribution is 5.06. The van der Waals surface area contributed by atoms with Crippen LogP contribution in [0.15, 0.2) is 0 Å². The van der Waals surface area contributed by atoms with Crippen molar-refractivity contribution >= 4 is 0 Å². The van der Waals surface area contributed by atoms with E-state index in [2.05, 4.69) is 17.6 Å². The fourth-order valence-electron chi connectivity index (χ4n) is 3.45. The van der Waals surface area contributed by atoms with E-state index in [4.69, 9.17) is 4.74 Å². The fourth-order valence-corrected chi connectivity index (χ4v) is 3.45. The first-order valence-electron chi connectivity index (χ1n) is 5.92. The standard InChI is InChI=1S/C11H20N2O/c1-8-11(14-5-4-12-8)6-9-2-3-10(7-11)13-9/h8-10,12-13H,2-7H2,1H3. The average Bonchev–Trinajstić information content (AvgIpc) is 2.52. The van der Waals surface area contributed by atoms with Crippen LogP contribution in [0.1, 0.15) is 32.6 Å². The monoisotopic (exact) mass is 196 g/mol. The van der Waals surface area contributed by atoms with Gasteiger partial charge in [-0.25, -0.2) is 0 Å². The van der Waals surface area contributed by atoms with Gasteiger partial charge < -0.3 is 15.4 Å². The van der Waals surface area contributed by atoms with Crippen LogP contribution in [0.25, 0.3) is 0 Å². The molecule has 0 saturated carbocycles. The Kier molecular flexibility index (Phi) is 2.08. The lowest BCUT2D eigenvalue weighted by Gasteiger charge is -2.48. The van der Waals surface area contributed by atoms with Crippen molar-refractivity contribution in [2.24, 2.45) is 0 Å². The minimum Gasteiger partial charge on any atom is -0.372 e. The Morgan fingerprint density at radius 3 is 2.57 bits per heavy atom. The van der Waals surface area contributed by atoms with Gasteiger partial charge in [-0.05, 0) is 32.6 Å².